The minimum atomic E-state index is -3.52. The van der Waals surface area contributed by atoms with Gasteiger partial charge in [-0.3, -0.25) is 14.5 Å². The minimum Gasteiger partial charge on any atom is -0.349 e. The second kappa shape index (κ2) is 9.40. The smallest absolute Gasteiger partial charge is 0.251 e. The van der Waals surface area contributed by atoms with Crippen molar-refractivity contribution in [2.45, 2.75) is 30.7 Å². The van der Waals surface area contributed by atoms with Gasteiger partial charge in [0, 0.05) is 43.5 Å². The van der Waals surface area contributed by atoms with E-state index in [0.29, 0.717) is 48.4 Å². The molecule has 2 aliphatic rings. The van der Waals surface area contributed by atoms with Crippen molar-refractivity contribution in [1.29, 1.82) is 0 Å². The molecule has 0 aromatic heterocycles. The fourth-order valence-corrected chi connectivity index (χ4v) is 5.01. The van der Waals surface area contributed by atoms with Crippen molar-refractivity contribution in [3.8, 4) is 0 Å². The number of nitrogens with zero attached hydrogens (tertiary/aromatic N) is 2. The number of benzene rings is 2. The van der Waals surface area contributed by atoms with Gasteiger partial charge in [-0.1, -0.05) is 17.7 Å². The summed E-state index contributed by atoms with van der Waals surface area (Å²) in [6, 6.07) is 14.0. The predicted octanol–water partition coefficient (Wildman–Crippen LogP) is 1.83. The number of nitrogens with one attached hydrogen (secondary N) is 2. The highest BCUT2D eigenvalue weighted by atomic mass is 32.2. The molecule has 0 atom stereocenters. The molecule has 0 bridgehead atoms. The van der Waals surface area contributed by atoms with Crippen LogP contribution < -0.4 is 10.6 Å². The van der Waals surface area contributed by atoms with E-state index in [4.69, 9.17) is 0 Å². The van der Waals surface area contributed by atoms with Crippen LogP contribution in [0.3, 0.4) is 0 Å². The average molecular weight is 457 g/mol. The van der Waals surface area contributed by atoms with Crippen molar-refractivity contribution in [2.75, 3.05) is 38.0 Å². The van der Waals surface area contributed by atoms with Gasteiger partial charge in [-0.05, 0) is 56.2 Å². The minimum absolute atomic E-state index is 0.0937. The highest BCUT2D eigenvalue weighted by Gasteiger charge is 2.29. The van der Waals surface area contributed by atoms with Gasteiger partial charge >= 0.3 is 0 Å². The van der Waals surface area contributed by atoms with Gasteiger partial charge in [-0.25, -0.2) is 8.42 Å². The number of amides is 2. The van der Waals surface area contributed by atoms with Gasteiger partial charge in [-0.15, -0.1) is 0 Å². The molecule has 170 valence electrons. The lowest BCUT2D eigenvalue weighted by atomic mass is 10.2. The Labute approximate surface area is 188 Å². The number of anilines is 1. The van der Waals surface area contributed by atoms with Gasteiger partial charge in [0.15, 0.2) is 0 Å². The van der Waals surface area contributed by atoms with E-state index in [1.165, 1.54) is 4.31 Å². The van der Waals surface area contributed by atoms with E-state index >= 15 is 0 Å². The molecule has 4 rings (SSSR count). The van der Waals surface area contributed by atoms with Crippen molar-refractivity contribution < 1.29 is 18.0 Å². The first-order valence-electron chi connectivity index (χ1n) is 10.8. The third kappa shape index (κ3) is 5.53. The quantitative estimate of drug-likeness (QED) is 0.662. The van der Waals surface area contributed by atoms with Gasteiger partial charge in [0.1, 0.15) is 0 Å². The fourth-order valence-electron chi connectivity index (χ4n) is 3.59. The summed E-state index contributed by atoms with van der Waals surface area (Å²) in [5, 5.41) is 5.77. The Morgan fingerprint density at radius 3 is 2.16 bits per heavy atom. The molecule has 9 heteroatoms. The van der Waals surface area contributed by atoms with Crippen molar-refractivity contribution in [3.05, 3.63) is 59.7 Å². The molecule has 8 nitrogen and oxygen atoms in total. The van der Waals surface area contributed by atoms with E-state index < -0.39 is 10.0 Å². The van der Waals surface area contributed by atoms with Gasteiger partial charge < -0.3 is 10.6 Å². The molecule has 1 saturated heterocycles. The summed E-state index contributed by atoms with van der Waals surface area (Å²) in [4.78, 5) is 26.7. The molecule has 0 spiro atoms. The Morgan fingerprint density at radius 1 is 0.938 bits per heavy atom. The van der Waals surface area contributed by atoms with Crippen LogP contribution in [0.25, 0.3) is 0 Å². The van der Waals surface area contributed by atoms with E-state index in [2.05, 4.69) is 10.6 Å². The highest BCUT2D eigenvalue weighted by molar-refractivity contribution is 7.89. The first kappa shape index (κ1) is 22.4. The summed E-state index contributed by atoms with van der Waals surface area (Å²) in [6.07, 6.45) is 2.07. The van der Waals surface area contributed by atoms with Crippen LogP contribution in [0.5, 0.6) is 0 Å². The first-order chi connectivity index (χ1) is 15.3. The third-order valence-electron chi connectivity index (χ3n) is 5.70. The van der Waals surface area contributed by atoms with Crippen LogP contribution in [0.1, 0.15) is 28.8 Å². The van der Waals surface area contributed by atoms with Crippen molar-refractivity contribution in [2.24, 2.45) is 0 Å². The molecule has 1 aliphatic carbocycles. The molecule has 2 N–H and O–H groups in total. The molecule has 1 aliphatic heterocycles. The Balaban J connectivity index is 1.25. The summed E-state index contributed by atoms with van der Waals surface area (Å²) in [5.41, 5.74) is 2.20. The van der Waals surface area contributed by atoms with Crippen molar-refractivity contribution >= 4 is 27.5 Å². The molecule has 2 aromatic carbocycles. The summed E-state index contributed by atoms with van der Waals surface area (Å²) in [6.45, 7) is 3.75. The van der Waals surface area contributed by atoms with E-state index in [1.54, 1.807) is 48.5 Å². The maximum Gasteiger partial charge on any atom is 0.251 e. The Hall–Kier alpha value is -2.75. The molecule has 2 fully saturated rings. The second-order valence-electron chi connectivity index (χ2n) is 8.37. The molecular weight excluding hydrogens is 428 g/mol. The monoisotopic (exact) mass is 456 g/mol. The molecule has 1 heterocycles. The van der Waals surface area contributed by atoms with E-state index in [1.807, 2.05) is 11.8 Å². The standard InChI is InChI=1S/C23H28N4O4S/c1-17-2-10-21(11-3-17)32(30,31)27-14-12-26(13-15-27)16-22(28)24-19-6-4-18(5-7-19)23(29)25-20-8-9-20/h2-7,10-11,20H,8-9,12-16H2,1H3,(H,24,28)(H,25,29). The molecule has 0 radical (unpaired) electrons. The normalized spacial score (nSPS) is 17.7. The van der Waals surface area contributed by atoms with Crippen molar-refractivity contribution in [1.82, 2.24) is 14.5 Å². The Morgan fingerprint density at radius 2 is 1.56 bits per heavy atom. The number of rotatable bonds is 7. The van der Waals surface area contributed by atoms with Crippen LogP contribution >= 0.6 is 0 Å². The topological polar surface area (TPSA) is 98.8 Å². The Bertz CT molecular complexity index is 1070. The summed E-state index contributed by atoms with van der Waals surface area (Å²) in [5.74, 6) is -0.265. The summed E-state index contributed by atoms with van der Waals surface area (Å²) < 4.78 is 27.1. The van der Waals surface area contributed by atoms with Gasteiger partial charge in [0.05, 0.1) is 11.4 Å². The van der Waals surface area contributed by atoms with E-state index in [-0.39, 0.29) is 18.4 Å². The summed E-state index contributed by atoms with van der Waals surface area (Å²) >= 11 is 0. The largest absolute Gasteiger partial charge is 0.349 e. The number of hydrogen-bond donors (Lipinski definition) is 2. The lowest BCUT2D eigenvalue weighted by Crippen LogP contribution is -2.50. The number of aryl methyl sites for hydroxylation is 1. The molecule has 2 amide bonds. The number of sulfonamides is 1. The SMILES string of the molecule is Cc1ccc(S(=O)(=O)N2CCN(CC(=O)Nc3ccc(C(=O)NC4CC4)cc3)CC2)cc1. The number of carbonyl (C=O) groups is 2. The molecule has 2 aromatic rings. The lowest BCUT2D eigenvalue weighted by Gasteiger charge is -2.33. The van der Waals surface area contributed by atoms with Crippen LogP contribution in [0.2, 0.25) is 0 Å². The summed E-state index contributed by atoms with van der Waals surface area (Å²) in [7, 11) is -3.52. The van der Waals surface area contributed by atoms with Gasteiger partial charge in [0.2, 0.25) is 15.9 Å². The van der Waals surface area contributed by atoms with Crippen LogP contribution in [-0.2, 0) is 14.8 Å². The number of carbonyl (C=O) groups excluding carboxylic acids is 2. The van der Waals surface area contributed by atoms with Crippen molar-refractivity contribution in [3.63, 3.8) is 0 Å². The van der Waals surface area contributed by atoms with Crippen LogP contribution in [0.15, 0.2) is 53.4 Å². The molecule has 0 unspecified atom stereocenters. The maximum absolute atomic E-state index is 12.8. The van der Waals surface area contributed by atoms with Crippen LogP contribution in [-0.4, -0.2) is 68.2 Å². The number of hydrogen-bond acceptors (Lipinski definition) is 5. The van der Waals surface area contributed by atoms with Crippen LogP contribution in [0, 0.1) is 6.92 Å². The molecule has 32 heavy (non-hydrogen) atoms. The fraction of sp³-hybridized carbons (Fsp3) is 0.391. The zero-order valence-corrected chi connectivity index (χ0v) is 18.9. The zero-order valence-electron chi connectivity index (χ0n) is 18.1. The predicted molar refractivity (Wildman–Crippen MR) is 122 cm³/mol. The van der Waals surface area contributed by atoms with E-state index in [9.17, 15) is 18.0 Å². The van der Waals surface area contributed by atoms with Gasteiger partial charge in [-0.2, -0.15) is 4.31 Å². The zero-order chi connectivity index (χ0) is 22.7. The first-order valence-corrected chi connectivity index (χ1v) is 12.3. The van der Waals surface area contributed by atoms with E-state index in [0.717, 1.165) is 18.4 Å². The van der Waals surface area contributed by atoms with Crippen LogP contribution in [0.4, 0.5) is 5.69 Å². The molecular formula is C23H28N4O4S. The molecule has 1 saturated carbocycles. The average Bonchev–Trinajstić information content (AvgIpc) is 3.59. The number of piperazine rings is 1. The van der Waals surface area contributed by atoms with Gasteiger partial charge in [0.25, 0.3) is 5.91 Å². The highest BCUT2D eigenvalue weighted by Crippen LogP contribution is 2.20. The Kier molecular flexibility index (Phi) is 6.59. The lowest BCUT2D eigenvalue weighted by molar-refractivity contribution is -0.117. The maximum atomic E-state index is 12.8. The third-order valence-corrected chi connectivity index (χ3v) is 7.61. The second-order valence-corrected chi connectivity index (χ2v) is 10.3.